The maximum absolute atomic E-state index is 11.0. The molecule has 1 aliphatic heterocycles. The van der Waals surface area contributed by atoms with Crippen molar-refractivity contribution in [2.75, 3.05) is 26.3 Å². The first-order valence-electron chi connectivity index (χ1n) is 6.13. The van der Waals surface area contributed by atoms with Gasteiger partial charge in [-0.05, 0) is 6.07 Å². The van der Waals surface area contributed by atoms with Gasteiger partial charge in [-0.2, -0.15) is 0 Å². The largest absolute Gasteiger partial charge is 0.378 e. The van der Waals surface area contributed by atoms with E-state index in [1.165, 1.54) is 0 Å². The fourth-order valence-corrected chi connectivity index (χ4v) is 2.05. The number of nitrogens with one attached hydrogen (secondary N) is 2. The van der Waals surface area contributed by atoms with Gasteiger partial charge in [-0.15, -0.1) is 0 Å². The lowest BCUT2D eigenvalue weighted by Crippen LogP contribution is -2.47. The summed E-state index contributed by atoms with van der Waals surface area (Å²) in [5.41, 5.74) is 6.83. The summed E-state index contributed by atoms with van der Waals surface area (Å²) in [6, 6.07) is 2.18. The Bertz CT molecular complexity index is 411. The minimum Gasteiger partial charge on any atom is -0.378 e. The van der Waals surface area contributed by atoms with Gasteiger partial charge < -0.3 is 25.7 Å². The molecule has 1 amide bonds. The summed E-state index contributed by atoms with van der Waals surface area (Å²) in [7, 11) is 1.91. The van der Waals surface area contributed by atoms with Gasteiger partial charge in [0.15, 0.2) is 0 Å². The second-order valence-corrected chi connectivity index (χ2v) is 4.55. The SMILES string of the molecule is C.C.Cn1cc(C(N)=O)cc1CNC[C@H]1COCCN1. The van der Waals surface area contributed by atoms with Crippen LogP contribution < -0.4 is 16.4 Å². The molecule has 20 heavy (non-hydrogen) atoms. The van der Waals surface area contributed by atoms with Crippen molar-refractivity contribution in [3.8, 4) is 0 Å². The fraction of sp³-hybridized carbons (Fsp3) is 0.643. The zero-order valence-corrected chi connectivity index (χ0v) is 10.6. The molecule has 1 aliphatic rings. The number of morpholine rings is 1. The molecule has 116 valence electrons. The van der Waals surface area contributed by atoms with Gasteiger partial charge >= 0.3 is 0 Å². The first-order chi connectivity index (χ1) is 8.66. The quantitative estimate of drug-likeness (QED) is 0.734. The average molecular weight is 284 g/mol. The summed E-state index contributed by atoms with van der Waals surface area (Å²) >= 11 is 0. The molecule has 1 atom stereocenters. The number of aryl methyl sites for hydroxylation is 1. The van der Waals surface area contributed by atoms with E-state index in [4.69, 9.17) is 10.5 Å². The van der Waals surface area contributed by atoms with Crippen molar-refractivity contribution in [3.05, 3.63) is 23.5 Å². The molecule has 0 radical (unpaired) electrons. The number of amides is 1. The summed E-state index contributed by atoms with van der Waals surface area (Å²) < 4.78 is 7.29. The summed E-state index contributed by atoms with van der Waals surface area (Å²) in [6.45, 7) is 3.99. The Labute approximate surface area is 121 Å². The molecule has 0 aliphatic carbocycles. The number of rotatable bonds is 5. The minimum absolute atomic E-state index is 0. The van der Waals surface area contributed by atoms with Gasteiger partial charge in [0.2, 0.25) is 5.91 Å². The highest BCUT2D eigenvalue weighted by Gasteiger charge is 2.12. The first-order valence-corrected chi connectivity index (χ1v) is 6.13. The van der Waals surface area contributed by atoms with Crippen LogP contribution >= 0.6 is 0 Å². The summed E-state index contributed by atoms with van der Waals surface area (Å²) in [4.78, 5) is 11.0. The monoisotopic (exact) mass is 284 g/mol. The van der Waals surface area contributed by atoms with Crippen LogP contribution in [0.2, 0.25) is 0 Å². The van der Waals surface area contributed by atoms with Crippen LogP contribution in [0.3, 0.4) is 0 Å². The molecular weight excluding hydrogens is 256 g/mol. The highest BCUT2D eigenvalue weighted by molar-refractivity contribution is 5.92. The van der Waals surface area contributed by atoms with E-state index in [1.54, 1.807) is 6.20 Å². The Kier molecular flexibility index (Phi) is 8.13. The smallest absolute Gasteiger partial charge is 0.250 e. The fourth-order valence-electron chi connectivity index (χ4n) is 2.05. The lowest BCUT2D eigenvalue weighted by molar-refractivity contribution is 0.0766. The molecule has 1 aromatic heterocycles. The Morgan fingerprint density at radius 2 is 2.35 bits per heavy atom. The van der Waals surface area contributed by atoms with Crippen LogP contribution in [0, 0.1) is 0 Å². The number of hydrogen-bond acceptors (Lipinski definition) is 4. The highest BCUT2D eigenvalue weighted by atomic mass is 16.5. The molecule has 4 N–H and O–H groups in total. The number of aromatic nitrogens is 1. The zero-order chi connectivity index (χ0) is 13.0. The topological polar surface area (TPSA) is 81.3 Å². The second kappa shape index (κ2) is 8.73. The molecule has 0 aromatic carbocycles. The van der Waals surface area contributed by atoms with Gasteiger partial charge in [0.25, 0.3) is 0 Å². The molecule has 1 aromatic rings. The predicted molar refractivity (Wildman–Crippen MR) is 81.7 cm³/mol. The molecule has 0 spiro atoms. The number of carbonyl (C=O) groups is 1. The molecule has 6 heteroatoms. The van der Waals surface area contributed by atoms with Crippen molar-refractivity contribution in [2.45, 2.75) is 27.4 Å². The van der Waals surface area contributed by atoms with E-state index < -0.39 is 0 Å². The number of ether oxygens (including phenoxy) is 1. The Balaban J connectivity index is 0.00000180. The Hall–Kier alpha value is -1.37. The molecule has 2 heterocycles. The van der Waals surface area contributed by atoms with Crippen molar-refractivity contribution in [2.24, 2.45) is 12.8 Å². The van der Waals surface area contributed by atoms with Crippen molar-refractivity contribution in [1.29, 1.82) is 0 Å². The van der Waals surface area contributed by atoms with Crippen molar-refractivity contribution in [3.63, 3.8) is 0 Å². The van der Waals surface area contributed by atoms with E-state index in [-0.39, 0.29) is 20.8 Å². The Morgan fingerprint density at radius 3 is 2.90 bits per heavy atom. The van der Waals surface area contributed by atoms with Gasteiger partial charge in [-0.25, -0.2) is 0 Å². The van der Waals surface area contributed by atoms with E-state index in [0.717, 1.165) is 32.0 Å². The first kappa shape index (κ1) is 18.6. The number of nitrogens with zero attached hydrogens (tertiary/aromatic N) is 1. The molecule has 0 saturated carbocycles. The van der Waals surface area contributed by atoms with E-state index >= 15 is 0 Å². The minimum atomic E-state index is -0.390. The van der Waals surface area contributed by atoms with Crippen molar-refractivity contribution in [1.82, 2.24) is 15.2 Å². The zero-order valence-electron chi connectivity index (χ0n) is 10.6. The summed E-state index contributed by atoms with van der Waals surface area (Å²) in [6.07, 6.45) is 1.75. The Morgan fingerprint density at radius 1 is 1.60 bits per heavy atom. The van der Waals surface area contributed by atoms with Gasteiger partial charge in [0, 0.05) is 44.6 Å². The van der Waals surface area contributed by atoms with Crippen molar-refractivity contribution >= 4 is 5.91 Å². The molecule has 2 rings (SSSR count). The van der Waals surface area contributed by atoms with E-state index in [1.807, 2.05) is 17.7 Å². The normalized spacial score (nSPS) is 17.9. The number of hydrogen-bond donors (Lipinski definition) is 3. The van der Waals surface area contributed by atoms with Gasteiger partial charge in [-0.3, -0.25) is 4.79 Å². The third-order valence-corrected chi connectivity index (χ3v) is 3.09. The standard InChI is InChI=1S/C12H20N4O2.2CH4/c1-16-7-9(12(13)17)4-11(16)6-14-5-10-8-18-3-2-15-10;;/h4,7,10,14-15H,2-3,5-6,8H2,1H3,(H2,13,17);2*1H4/t10-;;/m0../s1. The van der Waals surface area contributed by atoms with Crippen LogP contribution in [0.5, 0.6) is 0 Å². The van der Waals surface area contributed by atoms with Crippen LogP contribution in [0.4, 0.5) is 0 Å². The maximum Gasteiger partial charge on any atom is 0.250 e. The molecular formula is C14H28N4O2. The summed E-state index contributed by atoms with van der Waals surface area (Å²) in [5, 5.41) is 6.72. The predicted octanol–water partition coefficient (Wildman–Crippen LogP) is 0.474. The van der Waals surface area contributed by atoms with Crippen LogP contribution in [0.1, 0.15) is 30.9 Å². The lowest BCUT2D eigenvalue weighted by atomic mass is 10.2. The van der Waals surface area contributed by atoms with Crippen molar-refractivity contribution < 1.29 is 9.53 Å². The number of primary amides is 1. The molecule has 0 unspecified atom stereocenters. The van der Waals surface area contributed by atoms with Gasteiger partial charge in [-0.1, -0.05) is 14.9 Å². The van der Waals surface area contributed by atoms with Crippen LogP contribution in [-0.4, -0.2) is 42.8 Å². The van der Waals surface area contributed by atoms with E-state index in [0.29, 0.717) is 18.2 Å². The van der Waals surface area contributed by atoms with E-state index in [9.17, 15) is 4.79 Å². The third-order valence-electron chi connectivity index (χ3n) is 3.09. The number of nitrogens with two attached hydrogens (primary N) is 1. The summed E-state index contributed by atoms with van der Waals surface area (Å²) in [5.74, 6) is -0.390. The van der Waals surface area contributed by atoms with Crippen LogP contribution in [0.25, 0.3) is 0 Å². The van der Waals surface area contributed by atoms with E-state index in [2.05, 4.69) is 10.6 Å². The molecule has 1 fully saturated rings. The molecule has 6 nitrogen and oxygen atoms in total. The van der Waals surface area contributed by atoms with Crippen LogP contribution in [0.15, 0.2) is 12.3 Å². The average Bonchev–Trinajstić information content (AvgIpc) is 2.73. The molecule has 0 bridgehead atoms. The number of carbonyl (C=O) groups excluding carboxylic acids is 1. The van der Waals surface area contributed by atoms with Crippen LogP contribution in [-0.2, 0) is 18.3 Å². The molecule has 1 saturated heterocycles. The third kappa shape index (κ3) is 4.96. The second-order valence-electron chi connectivity index (χ2n) is 4.55. The van der Waals surface area contributed by atoms with Gasteiger partial charge in [0.1, 0.15) is 0 Å². The van der Waals surface area contributed by atoms with Gasteiger partial charge in [0.05, 0.1) is 18.8 Å². The lowest BCUT2D eigenvalue weighted by Gasteiger charge is -2.24. The highest BCUT2D eigenvalue weighted by Crippen LogP contribution is 2.06. The maximum atomic E-state index is 11.0.